The normalized spacial score (nSPS) is 10.1. The van der Waals surface area contributed by atoms with Crippen LogP contribution in [0.25, 0.3) is 0 Å². The van der Waals surface area contributed by atoms with E-state index in [0.717, 1.165) is 6.42 Å². The highest BCUT2D eigenvalue weighted by molar-refractivity contribution is 5.25. The van der Waals surface area contributed by atoms with Crippen LogP contribution in [0, 0.1) is 11.8 Å². The molecule has 0 saturated heterocycles. The smallest absolute Gasteiger partial charge is 0.0340 e. The Hall–Kier alpha value is -1.22. The van der Waals surface area contributed by atoms with Gasteiger partial charge in [0.05, 0.1) is 0 Å². The van der Waals surface area contributed by atoms with Crippen molar-refractivity contribution in [1.82, 2.24) is 0 Å². The second-order valence-electron chi connectivity index (χ2n) is 5.64. The lowest BCUT2D eigenvalue weighted by Gasteiger charge is -2.03. The predicted molar refractivity (Wildman–Crippen MR) is 89.9 cm³/mol. The summed E-state index contributed by atoms with van der Waals surface area (Å²) >= 11 is 0. The van der Waals surface area contributed by atoms with Gasteiger partial charge in [-0.15, -0.1) is 5.92 Å². The molecule has 20 heavy (non-hydrogen) atoms. The Labute approximate surface area is 126 Å². The molecule has 0 saturated carbocycles. The summed E-state index contributed by atoms with van der Waals surface area (Å²) in [5.74, 6) is 6.06. The fourth-order valence-electron chi connectivity index (χ4n) is 2.48. The second kappa shape index (κ2) is 11.6. The molecular weight excluding hydrogens is 240 g/mol. The molecule has 110 valence electrons. The first-order chi connectivity index (χ1) is 9.86. The molecule has 0 amide bonds. The molecule has 0 heterocycles. The minimum Gasteiger partial charge on any atom is -0.106 e. The van der Waals surface area contributed by atoms with Crippen molar-refractivity contribution in [2.45, 2.75) is 78.1 Å². The van der Waals surface area contributed by atoms with E-state index in [1.165, 1.54) is 68.9 Å². The highest BCUT2D eigenvalue weighted by Gasteiger charge is 1.95. The standard InChI is InChI=1S/C20H30/c1-3-5-7-8-9-10-11-12-14-20-17-15-19(16-18-20)13-6-4-2/h15-18H,3,5,7-14H2,1-2H3. The first-order valence-corrected chi connectivity index (χ1v) is 8.34. The SMILES string of the molecule is CC#CCc1ccc(CCCCCCCCCC)cc1. The van der Waals surface area contributed by atoms with E-state index < -0.39 is 0 Å². The third-order valence-corrected chi connectivity index (χ3v) is 3.81. The highest BCUT2D eigenvalue weighted by Crippen LogP contribution is 2.12. The van der Waals surface area contributed by atoms with E-state index in [4.69, 9.17) is 0 Å². The number of rotatable bonds is 10. The zero-order valence-electron chi connectivity index (χ0n) is 13.4. The van der Waals surface area contributed by atoms with E-state index >= 15 is 0 Å². The monoisotopic (exact) mass is 270 g/mol. The van der Waals surface area contributed by atoms with Gasteiger partial charge in [0.2, 0.25) is 0 Å². The largest absolute Gasteiger partial charge is 0.106 e. The lowest BCUT2D eigenvalue weighted by atomic mass is 10.0. The first-order valence-electron chi connectivity index (χ1n) is 8.34. The van der Waals surface area contributed by atoms with Gasteiger partial charge in [-0.1, -0.05) is 82.1 Å². The van der Waals surface area contributed by atoms with Crippen LogP contribution in [-0.4, -0.2) is 0 Å². The zero-order chi connectivity index (χ0) is 14.5. The van der Waals surface area contributed by atoms with Gasteiger partial charge in [-0.25, -0.2) is 0 Å². The summed E-state index contributed by atoms with van der Waals surface area (Å²) in [7, 11) is 0. The minimum atomic E-state index is 0.883. The molecule has 0 aliphatic carbocycles. The summed E-state index contributed by atoms with van der Waals surface area (Å²) < 4.78 is 0. The summed E-state index contributed by atoms with van der Waals surface area (Å²) in [5, 5.41) is 0. The van der Waals surface area contributed by atoms with Gasteiger partial charge < -0.3 is 0 Å². The molecule has 0 aliphatic rings. The van der Waals surface area contributed by atoms with Crippen molar-refractivity contribution in [2.24, 2.45) is 0 Å². The van der Waals surface area contributed by atoms with Crippen molar-refractivity contribution >= 4 is 0 Å². The Bertz CT molecular complexity index is 388. The molecule has 0 bridgehead atoms. The van der Waals surface area contributed by atoms with Gasteiger partial charge in [0.1, 0.15) is 0 Å². The highest BCUT2D eigenvalue weighted by atomic mass is 14.0. The van der Waals surface area contributed by atoms with Crippen LogP contribution >= 0.6 is 0 Å². The first kappa shape index (κ1) is 16.8. The quantitative estimate of drug-likeness (QED) is 0.365. The van der Waals surface area contributed by atoms with E-state index in [1.54, 1.807) is 0 Å². The molecule has 1 aromatic carbocycles. The summed E-state index contributed by atoms with van der Waals surface area (Å²) in [6.07, 6.45) is 13.3. The van der Waals surface area contributed by atoms with Crippen molar-refractivity contribution in [1.29, 1.82) is 0 Å². The third-order valence-electron chi connectivity index (χ3n) is 3.81. The average molecular weight is 270 g/mol. The predicted octanol–water partition coefficient (Wildman–Crippen LogP) is 5.94. The summed E-state index contributed by atoms with van der Waals surface area (Å²) in [4.78, 5) is 0. The number of hydrogen-bond donors (Lipinski definition) is 0. The minimum absolute atomic E-state index is 0.883. The van der Waals surface area contributed by atoms with Crippen LogP contribution in [0.4, 0.5) is 0 Å². The Morgan fingerprint density at radius 1 is 0.750 bits per heavy atom. The lowest BCUT2D eigenvalue weighted by Crippen LogP contribution is -1.88. The molecule has 0 radical (unpaired) electrons. The molecule has 0 atom stereocenters. The molecule has 1 aromatic rings. The van der Waals surface area contributed by atoms with E-state index in [1.807, 2.05) is 6.92 Å². The van der Waals surface area contributed by atoms with Gasteiger partial charge in [0.15, 0.2) is 0 Å². The Morgan fingerprint density at radius 2 is 1.30 bits per heavy atom. The maximum absolute atomic E-state index is 3.11. The Kier molecular flexibility index (Phi) is 9.76. The van der Waals surface area contributed by atoms with Crippen molar-refractivity contribution in [3.05, 3.63) is 35.4 Å². The second-order valence-corrected chi connectivity index (χ2v) is 5.64. The van der Waals surface area contributed by atoms with Crippen LogP contribution in [0.1, 0.15) is 76.3 Å². The molecule has 0 spiro atoms. The fraction of sp³-hybridized carbons (Fsp3) is 0.600. The van der Waals surface area contributed by atoms with E-state index in [0.29, 0.717) is 0 Å². The van der Waals surface area contributed by atoms with Crippen LogP contribution in [0.5, 0.6) is 0 Å². The Balaban J connectivity index is 2.08. The molecular formula is C20H30. The number of unbranched alkanes of at least 4 members (excludes halogenated alkanes) is 7. The van der Waals surface area contributed by atoms with Crippen LogP contribution in [-0.2, 0) is 12.8 Å². The van der Waals surface area contributed by atoms with Gasteiger partial charge in [-0.3, -0.25) is 0 Å². The van der Waals surface area contributed by atoms with Gasteiger partial charge in [0, 0.05) is 6.42 Å². The maximum Gasteiger partial charge on any atom is 0.0340 e. The summed E-state index contributed by atoms with van der Waals surface area (Å²) in [6, 6.07) is 9.00. The van der Waals surface area contributed by atoms with Gasteiger partial charge in [0.25, 0.3) is 0 Å². The zero-order valence-corrected chi connectivity index (χ0v) is 13.4. The summed E-state index contributed by atoms with van der Waals surface area (Å²) in [6.45, 7) is 4.18. The molecule has 0 fully saturated rings. The van der Waals surface area contributed by atoms with Gasteiger partial charge in [-0.2, -0.15) is 0 Å². The Morgan fingerprint density at radius 3 is 1.90 bits per heavy atom. The van der Waals surface area contributed by atoms with Gasteiger partial charge >= 0.3 is 0 Å². The molecule has 0 unspecified atom stereocenters. The molecule has 1 rings (SSSR count). The molecule has 0 N–H and O–H groups in total. The average Bonchev–Trinajstić information content (AvgIpc) is 2.49. The summed E-state index contributed by atoms with van der Waals surface area (Å²) in [5.41, 5.74) is 2.81. The van der Waals surface area contributed by atoms with Gasteiger partial charge in [-0.05, 0) is 30.9 Å². The number of hydrogen-bond acceptors (Lipinski definition) is 0. The van der Waals surface area contributed by atoms with Crippen LogP contribution in [0.2, 0.25) is 0 Å². The van der Waals surface area contributed by atoms with Crippen molar-refractivity contribution in [3.8, 4) is 11.8 Å². The number of benzene rings is 1. The van der Waals surface area contributed by atoms with Crippen LogP contribution < -0.4 is 0 Å². The van der Waals surface area contributed by atoms with Crippen molar-refractivity contribution < 1.29 is 0 Å². The van der Waals surface area contributed by atoms with E-state index in [9.17, 15) is 0 Å². The fourth-order valence-corrected chi connectivity index (χ4v) is 2.48. The molecule has 0 aliphatic heterocycles. The molecule has 0 heteroatoms. The van der Waals surface area contributed by atoms with Crippen molar-refractivity contribution in [3.63, 3.8) is 0 Å². The molecule has 0 aromatic heterocycles. The topological polar surface area (TPSA) is 0 Å². The van der Waals surface area contributed by atoms with Crippen LogP contribution in [0.15, 0.2) is 24.3 Å². The number of aryl methyl sites for hydroxylation is 1. The lowest BCUT2D eigenvalue weighted by molar-refractivity contribution is 0.575. The molecule has 0 nitrogen and oxygen atoms in total. The van der Waals surface area contributed by atoms with E-state index in [-0.39, 0.29) is 0 Å². The maximum atomic E-state index is 3.11. The third kappa shape index (κ3) is 8.05. The van der Waals surface area contributed by atoms with Crippen LogP contribution in [0.3, 0.4) is 0 Å². The van der Waals surface area contributed by atoms with E-state index in [2.05, 4.69) is 43.0 Å². The van der Waals surface area contributed by atoms with Crippen molar-refractivity contribution in [2.75, 3.05) is 0 Å².